The van der Waals surface area contributed by atoms with Crippen LogP contribution in [0.2, 0.25) is 0 Å². The van der Waals surface area contributed by atoms with Crippen LogP contribution < -0.4 is 4.57 Å². The van der Waals surface area contributed by atoms with Gasteiger partial charge in [0.15, 0.2) is 12.2 Å². The quantitative estimate of drug-likeness (QED) is 0.394. The number of aryl methyl sites for hydroxylation is 1. The van der Waals surface area contributed by atoms with Gasteiger partial charge in [-0.15, -0.1) is 0 Å². The van der Waals surface area contributed by atoms with E-state index in [0.29, 0.717) is 6.04 Å². The van der Waals surface area contributed by atoms with Crippen LogP contribution in [0.3, 0.4) is 0 Å². The molecular formula is C29H36N+. The molecule has 2 aliphatic rings. The van der Waals surface area contributed by atoms with Crippen LogP contribution in [0.15, 0.2) is 42.6 Å². The zero-order chi connectivity index (χ0) is 21.3. The highest BCUT2D eigenvalue weighted by molar-refractivity contribution is 6.01. The Morgan fingerprint density at radius 2 is 1.67 bits per heavy atom. The van der Waals surface area contributed by atoms with E-state index in [1.165, 1.54) is 70.8 Å². The monoisotopic (exact) mass is 398 g/mol. The van der Waals surface area contributed by atoms with E-state index in [1.54, 1.807) is 5.56 Å². The summed E-state index contributed by atoms with van der Waals surface area (Å²) in [5.41, 5.74) is 9.34. The lowest BCUT2D eigenvalue weighted by atomic mass is 9.60. The van der Waals surface area contributed by atoms with Gasteiger partial charge in [-0.2, -0.15) is 4.57 Å². The van der Waals surface area contributed by atoms with Crippen molar-refractivity contribution in [2.45, 2.75) is 90.5 Å². The Balaban J connectivity index is 1.93. The van der Waals surface area contributed by atoms with Crippen LogP contribution >= 0.6 is 0 Å². The topological polar surface area (TPSA) is 3.88 Å². The Morgan fingerprint density at radius 1 is 0.933 bits per heavy atom. The molecule has 30 heavy (non-hydrogen) atoms. The van der Waals surface area contributed by atoms with E-state index in [4.69, 9.17) is 0 Å². The SMILES string of the molecule is CCCCc1cc2c3c4[n+](ccc3c1)C(C)C(CC)(CC)c1cccc(c1-4)C2(C)C. The molecule has 1 atom stereocenters. The molecule has 156 valence electrons. The minimum Gasteiger partial charge on any atom is -0.194 e. The van der Waals surface area contributed by atoms with Gasteiger partial charge in [-0.3, -0.25) is 0 Å². The largest absolute Gasteiger partial charge is 0.221 e. The van der Waals surface area contributed by atoms with Crippen molar-refractivity contribution >= 4 is 10.8 Å². The summed E-state index contributed by atoms with van der Waals surface area (Å²) < 4.78 is 2.62. The zero-order valence-electron chi connectivity index (χ0n) is 19.6. The number of hydrogen-bond acceptors (Lipinski definition) is 0. The first-order valence-electron chi connectivity index (χ1n) is 12.1. The number of pyridine rings is 1. The van der Waals surface area contributed by atoms with Gasteiger partial charge in [0, 0.05) is 11.5 Å². The summed E-state index contributed by atoms with van der Waals surface area (Å²) in [6.45, 7) is 14.4. The molecule has 5 rings (SSSR count). The fourth-order valence-electron chi connectivity index (χ4n) is 6.68. The third kappa shape index (κ3) is 2.33. The molecule has 1 heteroatoms. The Labute approximate surface area is 182 Å². The molecule has 1 aromatic heterocycles. The lowest BCUT2D eigenvalue weighted by Gasteiger charge is -2.44. The number of aromatic nitrogens is 1. The molecule has 0 saturated carbocycles. The minimum absolute atomic E-state index is 0.0196. The first-order chi connectivity index (χ1) is 14.4. The summed E-state index contributed by atoms with van der Waals surface area (Å²) in [7, 11) is 0. The van der Waals surface area contributed by atoms with Gasteiger partial charge in [-0.25, -0.2) is 0 Å². The fraction of sp³-hybridized carbons (Fsp3) is 0.483. The molecule has 0 N–H and O–H groups in total. The van der Waals surface area contributed by atoms with Crippen molar-refractivity contribution in [3.05, 3.63) is 64.8 Å². The van der Waals surface area contributed by atoms with Crippen molar-refractivity contribution < 1.29 is 4.57 Å². The predicted octanol–water partition coefficient (Wildman–Crippen LogP) is 7.41. The maximum atomic E-state index is 2.62. The predicted molar refractivity (Wildman–Crippen MR) is 127 cm³/mol. The first kappa shape index (κ1) is 19.8. The molecule has 0 spiro atoms. The van der Waals surface area contributed by atoms with E-state index in [9.17, 15) is 0 Å². The van der Waals surface area contributed by atoms with Gasteiger partial charge in [-0.05, 0) is 60.2 Å². The van der Waals surface area contributed by atoms with Crippen LogP contribution in [0.25, 0.3) is 22.0 Å². The second-order valence-electron chi connectivity index (χ2n) is 10.2. The van der Waals surface area contributed by atoms with Crippen molar-refractivity contribution in [1.82, 2.24) is 0 Å². The van der Waals surface area contributed by atoms with Gasteiger partial charge in [0.2, 0.25) is 5.69 Å². The zero-order valence-corrected chi connectivity index (χ0v) is 19.6. The average Bonchev–Trinajstić information content (AvgIpc) is 2.76. The second-order valence-corrected chi connectivity index (χ2v) is 10.2. The van der Waals surface area contributed by atoms with Crippen molar-refractivity contribution in [3.63, 3.8) is 0 Å². The Bertz CT molecular complexity index is 1150. The maximum Gasteiger partial charge on any atom is 0.221 e. The fourth-order valence-corrected chi connectivity index (χ4v) is 6.68. The Hall–Kier alpha value is -2.15. The maximum absolute atomic E-state index is 2.62. The van der Waals surface area contributed by atoms with Gasteiger partial charge in [0.1, 0.15) is 0 Å². The van der Waals surface area contributed by atoms with E-state index in [-0.39, 0.29) is 10.8 Å². The van der Waals surface area contributed by atoms with Crippen molar-refractivity contribution in [2.24, 2.45) is 0 Å². The summed E-state index contributed by atoms with van der Waals surface area (Å²) in [6, 6.07) is 15.0. The molecular weight excluding hydrogens is 362 g/mol. The highest BCUT2D eigenvalue weighted by atomic mass is 15.0. The number of rotatable bonds is 5. The van der Waals surface area contributed by atoms with E-state index < -0.39 is 0 Å². The molecule has 1 unspecified atom stereocenters. The molecule has 0 amide bonds. The molecule has 1 nitrogen and oxygen atoms in total. The summed E-state index contributed by atoms with van der Waals surface area (Å²) in [5.74, 6) is 0. The number of unbranched alkanes of at least 4 members (excludes halogenated alkanes) is 1. The summed E-state index contributed by atoms with van der Waals surface area (Å²) in [4.78, 5) is 0. The normalized spacial score (nSPS) is 19.9. The van der Waals surface area contributed by atoms with Crippen molar-refractivity contribution in [1.29, 1.82) is 0 Å². The third-order valence-corrected chi connectivity index (χ3v) is 8.62. The van der Waals surface area contributed by atoms with Crippen LogP contribution in [-0.2, 0) is 17.3 Å². The number of benzene rings is 2. The van der Waals surface area contributed by atoms with E-state index in [2.05, 4.69) is 88.7 Å². The molecule has 0 saturated heterocycles. The van der Waals surface area contributed by atoms with Crippen molar-refractivity contribution in [2.75, 3.05) is 0 Å². The van der Waals surface area contributed by atoms with Gasteiger partial charge >= 0.3 is 0 Å². The Morgan fingerprint density at radius 3 is 2.37 bits per heavy atom. The first-order valence-corrected chi connectivity index (χ1v) is 12.1. The lowest BCUT2D eigenvalue weighted by Crippen LogP contribution is -2.55. The smallest absolute Gasteiger partial charge is 0.194 e. The highest BCUT2D eigenvalue weighted by Gasteiger charge is 2.52. The van der Waals surface area contributed by atoms with Crippen LogP contribution in [-0.4, -0.2) is 0 Å². The summed E-state index contributed by atoms with van der Waals surface area (Å²) in [5, 5.41) is 2.92. The minimum atomic E-state index is 0.0196. The highest BCUT2D eigenvalue weighted by Crippen LogP contribution is 2.55. The molecule has 1 aliphatic heterocycles. The standard InChI is InChI=1S/C29H36N/c1-7-10-12-20-17-21-15-16-30-19(4)29(8-2,9-3)23-14-11-13-22-26(23)27(30)25(21)24(18-20)28(22,5)6/h11,13-19H,7-10,12H2,1-6H3/q+1. The van der Waals surface area contributed by atoms with Gasteiger partial charge in [0.05, 0.1) is 16.4 Å². The van der Waals surface area contributed by atoms with Crippen LogP contribution in [0.1, 0.15) is 95.5 Å². The van der Waals surface area contributed by atoms with E-state index in [1.807, 2.05) is 0 Å². The molecule has 2 aromatic carbocycles. The lowest BCUT2D eigenvalue weighted by molar-refractivity contribution is -0.720. The molecule has 2 heterocycles. The molecule has 0 fully saturated rings. The summed E-state index contributed by atoms with van der Waals surface area (Å²) in [6.07, 6.45) is 8.42. The van der Waals surface area contributed by atoms with Crippen LogP contribution in [0.4, 0.5) is 0 Å². The van der Waals surface area contributed by atoms with Crippen molar-refractivity contribution in [3.8, 4) is 11.3 Å². The number of nitrogens with zero attached hydrogens (tertiary/aromatic N) is 1. The van der Waals surface area contributed by atoms with Gasteiger partial charge < -0.3 is 0 Å². The second kappa shape index (κ2) is 6.67. The number of hydrogen-bond donors (Lipinski definition) is 0. The summed E-state index contributed by atoms with van der Waals surface area (Å²) >= 11 is 0. The third-order valence-electron chi connectivity index (χ3n) is 8.62. The van der Waals surface area contributed by atoms with Gasteiger partial charge in [-0.1, -0.05) is 71.4 Å². The molecule has 1 aliphatic carbocycles. The van der Waals surface area contributed by atoms with E-state index >= 15 is 0 Å². The molecule has 0 radical (unpaired) electrons. The molecule has 0 bridgehead atoms. The molecule has 3 aromatic rings. The van der Waals surface area contributed by atoms with Crippen LogP contribution in [0.5, 0.6) is 0 Å². The average molecular weight is 399 g/mol. The van der Waals surface area contributed by atoms with Crippen LogP contribution in [0, 0.1) is 0 Å². The van der Waals surface area contributed by atoms with Gasteiger partial charge in [0.25, 0.3) is 0 Å². The Kier molecular flexibility index (Phi) is 4.40. The van der Waals surface area contributed by atoms with E-state index in [0.717, 1.165) is 0 Å².